The maximum Gasteiger partial charge on any atom is 0.309 e. The van der Waals surface area contributed by atoms with Crippen LogP contribution in [0, 0.1) is 6.92 Å². The van der Waals surface area contributed by atoms with Crippen LogP contribution in [0.25, 0.3) is 0 Å². The lowest BCUT2D eigenvalue weighted by Gasteiger charge is -2.11. The van der Waals surface area contributed by atoms with Crippen molar-refractivity contribution in [2.24, 2.45) is 0 Å². The van der Waals surface area contributed by atoms with Gasteiger partial charge in [0.2, 0.25) is 0 Å². The molecular weight excluding hydrogens is 264 g/mol. The highest BCUT2D eigenvalue weighted by molar-refractivity contribution is 5.72. The average molecular weight is 284 g/mol. The summed E-state index contributed by atoms with van der Waals surface area (Å²) >= 11 is 0. The molecule has 1 N–H and O–H groups in total. The molecule has 0 bridgehead atoms. The molecule has 0 atom stereocenters. The number of aromatic nitrogens is 1. The summed E-state index contributed by atoms with van der Waals surface area (Å²) in [6.45, 7) is 3.55. The van der Waals surface area contributed by atoms with Crippen LogP contribution in [-0.2, 0) is 29.0 Å². The summed E-state index contributed by atoms with van der Waals surface area (Å²) in [5.41, 5.74) is 4.53. The van der Waals surface area contributed by atoms with Gasteiger partial charge in [-0.15, -0.1) is 0 Å². The number of hydrogen-bond acceptors (Lipinski definition) is 4. The molecule has 2 aromatic rings. The Bertz CT molecular complexity index is 611. The predicted molar refractivity (Wildman–Crippen MR) is 81.7 cm³/mol. The van der Waals surface area contributed by atoms with Crippen LogP contribution in [0.3, 0.4) is 0 Å². The van der Waals surface area contributed by atoms with Gasteiger partial charge in [0.25, 0.3) is 0 Å². The first-order valence-corrected chi connectivity index (χ1v) is 6.94. The van der Waals surface area contributed by atoms with Crippen molar-refractivity contribution in [3.8, 4) is 0 Å². The first kappa shape index (κ1) is 15.2. The number of carbonyl (C=O) groups is 1. The summed E-state index contributed by atoms with van der Waals surface area (Å²) in [4.78, 5) is 15.5. The molecule has 0 aliphatic heterocycles. The van der Waals surface area contributed by atoms with Crippen LogP contribution in [0.5, 0.6) is 0 Å². The molecule has 0 fully saturated rings. The molecule has 4 nitrogen and oxygen atoms in total. The van der Waals surface area contributed by atoms with Gasteiger partial charge in [-0.1, -0.05) is 24.3 Å². The Morgan fingerprint density at radius 3 is 2.57 bits per heavy atom. The third-order valence-electron chi connectivity index (χ3n) is 3.45. The highest BCUT2D eigenvalue weighted by atomic mass is 16.5. The van der Waals surface area contributed by atoms with E-state index in [1.165, 1.54) is 18.2 Å². The summed E-state index contributed by atoms with van der Waals surface area (Å²) < 4.78 is 4.73. The van der Waals surface area contributed by atoms with Crippen molar-refractivity contribution in [1.29, 1.82) is 0 Å². The van der Waals surface area contributed by atoms with Crippen molar-refractivity contribution in [2.75, 3.05) is 7.11 Å². The molecule has 1 aromatic carbocycles. The topological polar surface area (TPSA) is 51.2 Å². The van der Waals surface area contributed by atoms with E-state index in [4.69, 9.17) is 4.74 Å². The van der Waals surface area contributed by atoms with E-state index >= 15 is 0 Å². The Morgan fingerprint density at radius 2 is 1.86 bits per heavy atom. The minimum Gasteiger partial charge on any atom is -0.469 e. The minimum absolute atomic E-state index is 0.215. The molecular formula is C17H20N2O2. The molecule has 0 radical (unpaired) electrons. The average Bonchev–Trinajstić information content (AvgIpc) is 2.50. The molecule has 1 heterocycles. The van der Waals surface area contributed by atoms with E-state index in [1.807, 2.05) is 36.5 Å². The molecule has 2 rings (SSSR count). The van der Waals surface area contributed by atoms with Crippen LogP contribution in [0.1, 0.15) is 22.3 Å². The fourth-order valence-electron chi connectivity index (χ4n) is 2.16. The van der Waals surface area contributed by atoms with Crippen molar-refractivity contribution in [3.63, 3.8) is 0 Å². The number of carbonyl (C=O) groups excluding carboxylic acids is 1. The molecule has 0 aliphatic rings. The highest BCUT2D eigenvalue weighted by Gasteiger charge is 2.07. The van der Waals surface area contributed by atoms with Crippen molar-refractivity contribution in [2.45, 2.75) is 26.4 Å². The van der Waals surface area contributed by atoms with Gasteiger partial charge in [-0.3, -0.25) is 9.78 Å². The van der Waals surface area contributed by atoms with E-state index in [0.717, 1.165) is 24.2 Å². The highest BCUT2D eigenvalue weighted by Crippen LogP contribution is 2.11. The number of benzene rings is 1. The summed E-state index contributed by atoms with van der Waals surface area (Å²) in [5.74, 6) is -0.215. The summed E-state index contributed by atoms with van der Waals surface area (Å²) in [7, 11) is 1.41. The third-order valence-corrected chi connectivity index (χ3v) is 3.45. The van der Waals surface area contributed by atoms with Gasteiger partial charge in [-0.05, 0) is 35.2 Å². The second-order valence-corrected chi connectivity index (χ2v) is 4.93. The van der Waals surface area contributed by atoms with E-state index < -0.39 is 0 Å². The fraction of sp³-hybridized carbons (Fsp3) is 0.294. The number of ether oxygens (including phenoxy) is 1. The smallest absolute Gasteiger partial charge is 0.309 e. The maximum absolute atomic E-state index is 11.4. The Kier molecular flexibility index (Phi) is 5.46. The van der Waals surface area contributed by atoms with Gasteiger partial charge in [-0.25, -0.2) is 0 Å². The predicted octanol–water partition coefficient (Wildman–Crippen LogP) is 2.40. The molecule has 4 heteroatoms. The molecule has 0 unspecified atom stereocenters. The standard InChI is InChI=1S/C17H20N2O2/c1-13-10-18-8-7-15(13)11-19-12-16-6-4-3-5-14(16)9-17(20)21-2/h3-8,10,19H,9,11-12H2,1-2H3. The number of aryl methyl sites for hydroxylation is 1. The van der Waals surface area contributed by atoms with Gasteiger partial charge >= 0.3 is 5.97 Å². The lowest BCUT2D eigenvalue weighted by Crippen LogP contribution is -2.16. The molecule has 110 valence electrons. The SMILES string of the molecule is COC(=O)Cc1ccccc1CNCc1ccncc1C. The van der Waals surface area contributed by atoms with E-state index in [2.05, 4.69) is 17.2 Å². The number of pyridine rings is 1. The maximum atomic E-state index is 11.4. The molecule has 0 spiro atoms. The Labute approximate surface area is 125 Å². The number of hydrogen-bond donors (Lipinski definition) is 1. The van der Waals surface area contributed by atoms with Crippen molar-refractivity contribution >= 4 is 5.97 Å². The molecule has 21 heavy (non-hydrogen) atoms. The van der Waals surface area contributed by atoms with Gasteiger partial charge in [0.15, 0.2) is 0 Å². The summed E-state index contributed by atoms with van der Waals surface area (Å²) in [5, 5.41) is 3.41. The third kappa shape index (κ3) is 4.39. The van der Waals surface area contributed by atoms with Crippen LogP contribution in [0.15, 0.2) is 42.7 Å². The molecule has 0 saturated heterocycles. The van der Waals surface area contributed by atoms with Crippen LogP contribution >= 0.6 is 0 Å². The molecule has 0 amide bonds. The zero-order valence-corrected chi connectivity index (χ0v) is 12.4. The molecule has 0 aliphatic carbocycles. The lowest BCUT2D eigenvalue weighted by atomic mass is 10.0. The quantitative estimate of drug-likeness (QED) is 0.828. The number of methoxy groups -OCH3 is 1. The first-order valence-electron chi connectivity index (χ1n) is 6.94. The first-order chi connectivity index (χ1) is 10.2. The lowest BCUT2D eigenvalue weighted by molar-refractivity contribution is -0.139. The van der Waals surface area contributed by atoms with Crippen LogP contribution in [0.2, 0.25) is 0 Å². The zero-order chi connectivity index (χ0) is 15.1. The fourth-order valence-corrected chi connectivity index (χ4v) is 2.16. The van der Waals surface area contributed by atoms with E-state index in [-0.39, 0.29) is 5.97 Å². The second kappa shape index (κ2) is 7.55. The van der Waals surface area contributed by atoms with Crippen LogP contribution in [0.4, 0.5) is 0 Å². The van der Waals surface area contributed by atoms with Gasteiger partial charge in [-0.2, -0.15) is 0 Å². The van der Waals surface area contributed by atoms with E-state index in [1.54, 1.807) is 6.20 Å². The van der Waals surface area contributed by atoms with Crippen LogP contribution in [-0.4, -0.2) is 18.1 Å². The second-order valence-electron chi connectivity index (χ2n) is 4.93. The number of nitrogens with one attached hydrogen (secondary N) is 1. The number of nitrogens with zero attached hydrogens (tertiary/aromatic N) is 1. The Hall–Kier alpha value is -2.20. The van der Waals surface area contributed by atoms with Crippen molar-refractivity contribution in [1.82, 2.24) is 10.3 Å². The summed E-state index contributed by atoms with van der Waals surface area (Å²) in [6, 6.07) is 9.93. The number of rotatable bonds is 6. The van der Waals surface area contributed by atoms with Gasteiger partial charge < -0.3 is 10.1 Å². The van der Waals surface area contributed by atoms with E-state index in [9.17, 15) is 4.79 Å². The Balaban J connectivity index is 1.97. The normalized spacial score (nSPS) is 10.4. The van der Waals surface area contributed by atoms with Gasteiger partial charge in [0, 0.05) is 25.5 Å². The molecule has 1 aromatic heterocycles. The minimum atomic E-state index is -0.215. The van der Waals surface area contributed by atoms with Crippen LogP contribution < -0.4 is 5.32 Å². The van der Waals surface area contributed by atoms with Crippen molar-refractivity contribution < 1.29 is 9.53 Å². The monoisotopic (exact) mass is 284 g/mol. The van der Waals surface area contributed by atoms with Crippen molar-refractivity contribution in [3.05, 3.63) is 65.0 Å². The largest absolute Gasteiger partial charge is 0.469 e. The summed E-state index contributed by atoms with van der Waals surface area (Å²) in [6.07, 6.45) is 3.97. The molecule has 0 saturated carbocycles. The zero-order valence-electron chi connectivity index (χ0n) is 12.4. The van der Waals surface area contributed by atoms with Gasteiger partial charge in [0.05, 0.1) is 13.5 Å². The van der Waals surface area contributed by atoms with Gasteiger partial charge in [0.1, 0.15) is 0 Å². The Morgan fingerprint density at radius 1 is 1.14 bits per heavy atom. The van der Waals surface area contributed by atoms with E-state index in [0.29, 0.717) is 6.42 Å². The number of esters is 1.